The predicted molar refractivity (Wildman–Crippen MR) is 58.0 cm³/mol. The molecule has 2 aliphatic heterocycles. The Balaban J connectivity index is 1.85. The van der Waals surface area contributed by atoms with Gasteiger partial charge in [-0.25, -0.2) is 0 Å². The van der Waals surface area contributed by atoms with Gasteiger partial charge in [-0.2, -0.15) is 0 Å². The SMILES string of the molecule is O=C(c1ccc2c(c1)OC(F)(F)O2)C1CCCN1. The lowest BCUT2D eigenvalue weighted by Gasteiger charge is -2.09. The number of ether oxygens (including phenoxy) is 2. The van der Waals surface area contributed by atoms with Crippen LogP contribution in [0.15, 0.2) is 18.2 Å². The van der Waals surface area contributed by atoms with Crippen LogP contribution in [0.5, 0.6) is 11.5 Å². The second-order valence-corrected chi connectivity index (χ2v) is 4.34. The first-order valence-electron chi connectivity index (χ1n) is 5.73. The highest BCUT2D eigenvalue weighted by Gasteiger charge is 2.43. The number of carbonyl (C=O) groups excluding carboxylic acids is 1. The molecule has 1 fully saturated rings. The molecule has 1 N–H and O–H groups in total. The van der Waals surface area contributed by atoms with Crippen molar-refractivity contribution in [1.29, 1.82) is 0 Å². The van der Waals surface area contributed by atoms with Crippen molar-refractivity contribution in [2.45, 2.75) is 25.2 Å². The summed E-state index contributed by atoms with van der Waals surface area (Å²) < 4.78 is 34.2. The van der Waals surface area contributed by atoms with Gasteiger partial charge >= 0.3 is 6.29 Å². The minimum Gasteiger partial charge on any atom is -0.395 e. The molecule has 1 atom stereocenters. The van der Waals surface area contributed by atoms with Crippen LogP contribution in [0, 0.1) is 0 Å². The smallest absolute Gasteiger partial charge is 0.395 e. The molecule has 96 valence electrons. The van der Waals surface area contributed by atoms with Crippen molar-refractivity contribution in [1.82, 2.24) is 5.32 Å². The van der Waals surface area contributed by atoms with Crippen LogP contribution in [0.25, 0.3) is 0 Å². The fourth-order valence-corrected chi connectivity index (χ4v) is 2.21. The molecule has 1 aromatic rings. The van der Waals surface area contributed by atoms with Crippen molar-refractivity contribution < 1.29 is 23.0 Å². The van der Waals surface area contributed by atoms with Crippen LogP contribution in [-0.2, 0) is 0 Å². The van der Waals surface area contributed by atoms with Crippen LogP contribution < -0.4 is 14.8 Å². The fourth-order valence-electron chi connectivity index (χ4n) is 2.21. The first-order chi connectivity index (χ1) is 8.55. The summed E-state index contributed by atoms with van der Waals surface area (Å²) in [5.41, 5.74) is 0.356. The third-order valence-corrected chi connectivity index (χ3v) is 3.06. The van der Waals surface area contributed by atoms with Crippen molar-refractivity contribution in [3.05, 3.63) is 23.8 Å². The van der Waals surface area contributed by atoms with Gasteiger partial charge in [-0.1, -0.05) is 0 Å². The monoisotopic (exact) mass is 255 g/mol. The number of alkyl halides is 2. The number of hydrogen-bond acceptors (Lipinski definition) is 4. The Bertz CT molecular complexity index is 498. The van der Waals surface area contributed by atoms with Gasteiger partial charge in [-0.15, -0.1) is 8.78 Å². The van der Waals surface area contributed by atoms with Crippen LogP contribution >= 0.6 is 0 Å². The first kappa shape index (κ1) is 11.4. The zero-order chi connectivity index (χ0) is 12.8. The number of rotatable bonds is 2. The van der Waals surface area contributed by atoms with E-state index in [1.54, 1.807) is 0 Å². The number of ketones is 1. The van der Waals surface area contributed by atoms with Gasteiger partial charge in [0, 0.05) is 5.56 Å². The maximum absolute atomic E-state index is 12.8. The number of fused-ring (bicyclic) bond motifs is 1. The number of carbonyl (C=O) groups is 1. The van der Waals surface area contributed by atoms with Crippen LogP contribution in [0.1, 0.15) is 23.2 Å². The zero-order valence-electron chi connectivity index (χ0n) is 9.41. The number of halogens is 2. The van der Waals surface area contributed by atoms with Crippen LogP contribution in [0.3, 0.4) is 0 Å². The summed E-state index contributed by atoms with van der Waals surface area (Å²) in [4.78, 5) is 12.1. The maximum Gasteiger partial charge on any atom is 0.586 e. The van der Waals surface area contributed by atoms with Crippen LogP contribution in [-0.4, -0.2) is 24.7 Å². The number of nitrogens with one attached hydrogen (secondary N) is 1. The summed E-state index contributed by atoms with van der Waals surface area (Å²) in [6.45, 7) is 0.805. The Hall–Kier alpha value is -1.69. The van der Waals surface area contributed by atoms with Gasteiger partial charge in [-0.3, -0.25) is 4.79 Å². The molecule has 2 aliphatic rings. The van der Waals surface area contributed by atoms with E-state index in [0.717, 1.165) is 19.4 Å². The highest BCUT2D eigenvalue weighted by atomic mass is 19.3. The second-order valence-electron chi connectivity index (χ2n) is 4.34. The standard InChI is InChI=1S/C12H11F2NO3/c13-12(14)17-9-4-3-7(6-10(9)18-12)11(16)8-2-1-5-15-8/h3-4,6,8,15H,1-2,5H2. The van der Waals surface area contributed by atoms with Crippen LogP contribution in [0.2, 0.25) is 0 Å². The van der Waals surface area contributed by atoms with E-state index in [4.69, 9.17) is 0 Å². The Morgan fingerprint density at radius 1 is 1.33 bits per heavy atom. The average molecular weight is 255 g/mol. The van der Waals surface area contributed by atoms with E-state index in [2.05, 4.69) is 14.8 Å². The molecule has 0 saturated carbocycles. The molecule has 0 aromatic heterocycles. The normalized spacial score (nSPS) is 24.2. The van der Waals surface area contributed by atoms with E-state index in [-0.39, 0.29) is 23.3 Å². The van der Waals surface area contributed by atoms with Crippen molar-refractivity contribution in [2.24, 2.45) is 0 Å². The highest BCUT2D eigenvalue weighted by Crippen LogP contribution is 2.41. The number of Topliss-reactive ketones (excluding diaryl/α,β-unsaturated/α-hetero) is 1. The van der Waals surface area contributed by atoms with Gasteiger partial charge in [0.25, 0.3) is 0 Å². The molecule has 0 spiro atoms. The first-order valence-corrected chi connectivity index (χ1v) is 5.73. The molecule has 2 heterocycles. The summed E-state index contributed by atoms with van der Waals surface area (Å²) in [5, 5.41) is 3.07. The van der Waals surface area contributed by atoms with E-state index >= 15 is 0 Å². The van der Waals surface area contributed by atoms with E-state index in [1.165, 1.54) is 18.2 Å². The van der Waals surface area contributed by atoms with Gasteiger partial charge < -0.3 is 14.8 Å². The second kappa shape index (κ2) is 3.91. The molecular weight excluding hydrogens is 244 g/mol. The zero-order valence-corrected chi connectivity index (χ0v) is 9.41. The fraction of sp³-hybridized carbons (Fsp3) is 0.417. The number of benzene rings is 1. The Morgan fingerprint density at radius 3 is 2.83 bits per heavy atom. The van der Waals surface area contributed by atoms with E-state index in [9.17, 15) is 13.6 Å². The van der Waals surface area contributed by atoms with Gasteiger partial charge in [-0.05, 0) is 37.6 Å². The molecule has 0 amide bonds. The molecule has 0 radical (unpaired) electrons. The third kappa shape index (κ3) is 1.92. The van der Waals surface area contributed by atoms with E-state index in [1.807, 2.05) is 0 Å². The lowest BCUT2D eigenvalue weighted by atomic mass is 10.0. The summed E-state index contributed by atoms with van der Waals surface area (Å²) in [7, 11) is 0. The molecule has 3 rings (SSSR count). The highest BCUT2D eigenvalue weighted by molar-refractivity contribution is 6.00. The van der Waals surface area contributed by atoms with Crippen LogP contribution in [0.4, 0.5) is 8.78 Å². The Labute approximate surface area is 102 Å². The van der Waals surface area contributed by atoms with Gasteiger partial charge in [0.1, 0.15) is 0 Å². The van der Waals surface area contributed by atoms with E-state index < -0.39 is 6.29 Å². The Kier molecular flexibility index (Phi) is 2.48. The van der Waals surface area contributed by atoms with Gasteiger partial charge in [0.2, 0.25) is 0 Å². The maximum atomic E-state index is 12.8. The quantitative estimate of drug-likeness (QED) is 0.820. The summed E-state index contributed by atoms with van der Waals surface area (Å²) in [6.07, 6.45) is -1.93. The van der Waals surface area contributed by atoms with Crippen molar-refractivity contribution in [2.75, 3.05) is 6.54 Å². The minimum absolute atomic E-state index is 0.0454. The lowest BCUT2D eigenvalue weighted by molar-refractivity contribution is -0.286. The summed E-state index contributed by atoms with van der Waals surface area (Å²) in [6, 6.07) is 3.88. The molecule has 1 aromatic carbocycles. The molecule has 1 unspecified atom stereocenters. The molecule has 0 bridgehead atoms. The third-order valence-electron chi connectivity index (χ3n) is 3.06. The Morgan fingerprint density at radius 2 is 2.11 bits per heavy atom. The van der Waals surface area contributed by atoms with Crippen molar-refractivity contribution >= 4 is 5.78 Å². The van der Waals surface area contributed by atoms with E-state index in [0.29, 0.717) is 5.56 Å². The molecule has 0 aliphatic carbocycles. The molecule has 4 nitrogen and oxygen atoms in total. The topological polar surface area (TPSA) is 47.6 Å². The van der Waals surface area contributed by atoms with Crippen molar-refractivity contribution in [3.8, 4) is 11.5 Å². The van der Waals surface area contributed by atoms with Gasteiger partial charge in [0.05, 0.1) is 6.04 Å². The largest absolute Gasteiger partial charge is 0.586 e. The summed E-state index contributed by atoms with van der Waals surface area (Å²) in [5.74, 6) is -0.242. The molecular formula is C12H11F2NO3. The lowest BCUT2D eigenvalue weighted by Crippen LogP contribution is -2.30. The molecule has 1 saturated heterocycles. The molecule has 18 heavy (non-hydrogen) atoms. The minimum atomic E-state index is -3.64. The predicted octanol–water partition coefficient (Wildman–Crippen LogP) is 1.94. The average Bonchev–Trinajstić information content (AvgIpc) is 2.91. The summed E-state index contributed by atoms with van der Waals surface area (Å²) >= 11 is 0. The molecule has 6 heteroatoms. The number of hydrogen-bond donors (Lipinski definition) is 1. The van der Waals surface area contributed by atoms with Crippen molar-refractivity contribution in [3.63, 3.8) is 0 Å². The van der Waals surface area contributed by atoms with Gasteiger partial charge in [0.15, 0.2) is 17.3 Å².